The lowest BCUT2D eigenvalue weighted by atomic mass is 9.96. The number of hydrogen-bond donors (Lipinski definition) is 0. The Hall–Kier alpha value is -0.650. The molecule has 0 aliphatic carbocycles. The SMILES string of the molecule is O=C([C@H]1CCCN(CCOC[C@@H]2CCCO2)C1)N1CCCC1. The van der Waals surface area contributed by atoms with Crippen LogP contribution in [0.25, 0.3) is 0 Å². The van der Waals surface area contributed by atoms with Gasteiger partial charge in [0.1, 0.15) is 0 Å². The first-order valence-corrected chi connectivity index (χ1v) is 9.03. The molecule has 0 aromatic heterocycles. The van der Waals surface area contributed by atoms with Gasteiger partial charge in [-0.15, -0.1) is 0 Å². The molecule has 3 heterocycles. The number of nitrogens with zero attached hydrogens (tertiary/aromatic N) is 2. The molecule has 0 unspecified atom stereocenters. The standard InChI is InChI=1S/C17H30N2O3/c20-17(19-8-1-2-9-19)15-5-3-7-18(13-15)10-12-21-14-16-6-4-11-22-16/h15-16H,1-14H2/t15-,16-/m0/s1. The fourth-order valence-corrected chi connectivity index (χ4v) is 3.84. The minimum Gasteiger partial charge on any atom is -0.377 e. The second-order valence-corrected chi connectivity index (χ2v) is 6.88. The van der Waals surface area contributed by atoms with Crippen LogP contribution in [0.5, 0.6) is 0 Å². The van der Waals surface area contributed by atoms with E-state index in [0.717, 1.165) is 71.8 Å². The van der Waals surface area contributed by atoms with E-state index in [4.69, 9.17) is 9.47 Å². The molecule has 3 aliphatic heterocycles. The molecule has 0 spiro atoms. The van der Waals surface area contributed by atoms with Gasteiger partial charge < -0.3 is 19.3 Å². The van der Waals surface area contributed by atoms with Gasteiger partial charge in [0.05, 0.1) is 25.2 Å². The number of rotatable bonds is 6. The van der Waals surface area contributed by atoms with Gasteiger partial charge >= 0.3 is 0 Å². The van der Waals surface area contributed by atoms with Crippen LogP contribution in [-0.2, 0) is 14.3 Å². The number of amides is 1. The fraction of sp³-hybridized carbons (Fsp3) is 0.941. The van der Waals surface area contributed by atoms with Crippen molar-refractivity contribution in [3.63, 3.8) is 0 Å². The quantitative estimate of drug-likeness (QED) is 0.698. The third-order valence-corrected chi connectivity index (χ3v) is 5.15. The summed E-state index contributed by atoms with van der Waals surface area (Å²) in [7, 11) is 0. The van der Waals surface area contributed by atoms with E-state index < -0.39 is 0 Å². The largest absolute Gasteiger partial charge is 0.377 e. The van der Waals surface area contributed by atoms with Crippen molar-refractivity contribution in [2.45, 2.75) is 44.6 Å². The van der Waals surface area contributed by atoms with Gasteiger partial charge in [-0.3, -0.25) is 4.79 Å². The fourth-order valence-electron chi connectivity index (χ4n) is 3.84. The average Bonchev–Trinajstić information content (AvgIpc) is 3.24. The zero-order valence-corrected chi connectivity index (χ0v) is 13.7. The second kappa shape index (κ2) is 8.27. The normalized spacial score (nSPS) is 30.1. The molecule has 126 valence electrons. The second-order valence-electron chi connectivity index (χ2n) is 6.88. The molecule has 0 aromatic rings. The summed E-state index contributed by atoms with van der Waals surface area (Å²) >= 11 is 0. The summed E-state index contributed by atoms with van der Waals surface area (Å²) in [5.41, 5.74) is 0. The first-order valence-electron chi connectivity index (χ1n) is 9.03. The van der Waals surface area contributed by atoms with Crippen LogP contribution in [0.4, 0.5) is 0 Å². The molecular weight excluding hydrogens is 280 g/mol. The molecule has 3 rings (SSSR count). The molecule has 22 heavy (non-hydrogen) atoms. The van der Waals surface area contributed by atoms with Crippen molar-refractivity contribution in [3.05, 3.63) is 0 Å². The van der Waals surface area contributed by atoms with E-state index in [9.17, 15) is 4.79 Å². The summed E-state index contributed by atoms with van der Waals surface area (Å²) in [4.78, 5) is 17.0. The van der Waals surface area contributed by atoms with E-state index >= 15 is 0 Å². The van der Waals surface area contributed by atoms with E-state index in [1.54, 1.807) is 0 Å². The van der Waals surface area contributed by atoms with Gasteiger partial charge in [0.2, 0.25) is 5.91 Å². The Labute approximate surface area is 133 Å². The molecule has 0 aromatic carbocycles. The lowest BCUT2D eigenvalue weighted by Crippen LogP contribution is -2.45. The Bertz CT molecular complexity index is 352. The lowest BCUT2D eigenvalue weighted by molar-refractivity contribution is -0.136. The summed E-state index contributed by atoms with van der Waals surface area (Å²) in [6.07, 6.45) is 7.17. The monoisotopic (exact) mass is 310 g/mol. The van der Waals surface area contributed by atoms with Crippen molar-refractivity contribution in [1.29, 1.82) is 0 Å². The van der Waals surface area contributed by atoms with E-state index in [1.807, 2.05) is 0 Å². The summed E-state index contributed by atoms with van der Waals surface area (Å²) in [6, 6.07) is 0. The highest BCUT2D eigenvalue weighted by molar-refractivity contribution is 5.79. The molecule has 5 nitrogen and oxygen atoms in total. The number of carbonyl (C=O) groups is 1. The first kappa shape index (κ1) is 16.2. The third kappa shape index (κ3) is 4.43. The molecule has 3 saturated heterocycles. The van der Waals surface area contributed by atoms with Crippen molar-refractivity contribution in [2.24, 2.45) is 5.92 Å². The van der Waals surface area contributed by atoms with Gasteiger partial charge in [-0.05, 0) is 45.1 Å². The number of carbonyl (C=O) groups excluding carboxylic acids is 1. The molecule has 3 aliphatic rings. The van der Waals surface area contributed by atoms with Crippen LogP contribution >= 0.6 is 0 Å². The minimum atomic E-state index is 0.213. The highest BCUT2D eigenvalue weighted by Gasteiger charge is 2.30. The number of hydrogen-bond acceptors (Lipinski definition) is 4. The van der Waals surface area contributed by atoms with Crippen LogP contribution in [-0.4, -0.2) is 74.4 Å². The van der Waals surface area contributed by atoms with Crippen LogP contribution in [0.2, 0.25) is 0 Å². The van der Waals surface area contributed by atoms with E-state index in [0.29, 0.717) is 12.0 Å². The van der Waals surface area contributed by atoms with Gasteiger partial charge in [-0.2, -0.15) is 0 Å². The summed E-state index contributed by atoms with van der Waals surface area (Å²) in [5.74, 6) is 0.604. The van der Waals surface area contributed by atoms with E-state index in [2.05, 4.69) is 9.80 Å². The van der Waals surface area contributed by atoms with Gasteiger partial charge in [0.15, 0.2) is 0 Å². The topological polar surface area (TPSA) is 42.0 Å². The molecule has 0 bridgehead atoms. The predicted octanol–water partition coefficient (Wildman–Crippen LogP) is 1.52. The van der Waals surface area contributed by atoms with Crippen molar-refractivity contribution < 1.29 is 14.3 Å². The van der Waals surface area contributed by atoms with Gasteiger partial charge in [-0.1, -0.05) is 0 Å². The average molecular weight is 310 g/mol. The number of ether oxygens (including phenoxy) is 2. The maximum absolute atomic E-state index is 12.5. The van der Waals surface area contributed by atoms with Crippen LogP contribution in [0.1, 0.15) is 38.5 Å². The zero-order valence-electron chi connectivity index (χ0n) is 13.7. The molecule has 2 atom stereocenters. The number of likely N-dealkylation sites (tertiary alicyclic amines) is 2. The molecule has 0 saturated carbocycles. The van der Waals surface area contributed by atoms with Crippen molar-refractivity contribution in [2.75, 3.05) is 52.5 Å². The van der Waals surface area contributed by atoms with Crippen molar-refractivity contribution >= 4 is 5.91 Å². The Morgan fingerprint density at radius 3 is 2.73 bits per heavy atom. The molecule has 0 radical (unpaired) electrons. The van der Waals surface area contributed by atoms with Crippen molar-refractivity contribution in [1.82, 2.24) is 9.80 Å². The molecule has 3 fully saturated rings. The smallest absolute Gasteiger partial charge is 0.226 e. The minimum absolute atomic E-state index is 0.213. The van der Waals surface area contributed by atoms with Gasteiger partial charge in [0, 0.05) is 32.8 Å². The Balaban J connectivity index is 1.34. The summed E-state index contributed by atoms with van der Waals surface area (Å²) in [5, 5.41) is 0. The van der Waals surface area contributed by atoms with Gasteiger partial charge in [0.25, 0.3) is 0 Å². The maximum Gasteiger partial charge on any atom is 0.226 e. The van der Waals surface area contributed by atoms with E-state index in [1.165, 1.54) is 19.3 Å². The summed E-state index contributed by atoms with van der Waals surface area (Å²) < 4.78 is 11.3. The maximum atomic E-state index is 12.5. The Morgan fingerprint density at radius 1 is 1.09 bits per heavy atom. The van der Waals surface area contributed by atoms with Crippen molar-refractivity contribution in [3.8, 4) is 0 Å². The third-order valence-electron chi connectivity index (χ3n) is 5.15. The van der Waals surface area contributed by atoms with E-state index in [-0.39, 0.29) is 5.92 Å². The summed E-state index contributed by atoms with van der Waals surface area (Å²) in [6.45, 7) is 7.27. The van der Waals surface area contributed by atoms with Gasteiger partial charge in [-0.25, -0.2) is 0 Å². The highest BCUT2D eigenvalue weighted by atomic mass is 16.5. The highest BCUT2D eigenvalue weighted by Crippen LogP contribution is 2.21. The van der Waals surface area contributed by atoms with Crippen LogP contribution in [0.15, 0.2) is 0 Å². The van der Waals surface area contributed by atoms with Crippen LogP contribution in [0, 0.1) is 5.92 Å². The Morgan fingerprint density at radius 2 is 1.95 bits per heavy atom. The first-order chi connectivity index (χ1) is 10.8. The predicted molar refractivity (Wildman–Crippen MR) is 84.8 cm³/mol. The molecule has 1 amide bonds. The molecule has 0 N–H and O–H groups in total. The van der Waals surface area contributed by atoms with Crippen LogP contribution in [0.3, 0.4) is 0 Å². The Kier molecular flexibility index (Phi) is 6.10. The zero-order chi connectivity index (χ0) is 15.2. The van der Waals surface area contributed by atoms with Crippen LogP contribution < -0.4 is 0 Å². The number of piperidine rings is 1. The molecular formula is C17H30N2O3. The lowest BCUT2D eigenvalue weighted by Gasteiger charge is -2.33. The molecule has 5 heteroatoms.